The number of anilines is 5. The summed E-state index contributed by atoms with van der Waals surface area (Å²) in [5.41, 5.74) is 5.51. The van der Waals surface area contributed by atoms with E-state index in [2.05, 4.69) is 89.7 Å². The zero-order chi connectivity index (χ0) is 32.8. The quantitative estimate of drug-likeness (QED) is 0.167. The zero-order valence-corrected chi connectivity index (χ0v) is 29.4. The third-order valence-corrected chi connectivity index (χ3v) is 10.7. The minimum absolute atomic E-state index is 0.154. The number of nitrogens with zero attached hydrogens (tertiary/aromatic N) is 7. The third-order valence-electron chi connectivity index (χ3n) is 8.56. The molecule has 46 heavy (non-hydrogen) atoms. The largest absolute Gasteiger partial charge is 0.494 e. The maximum Gasteiger partial charge on any atom is 0.229 e. The van der Waals surface area contributed by atoms with Crippen LogP contribution in [0.4, 0.5) is 28.8 Å². The molecule has 3 N–H and O–H groups in total. The van der Waals surface area contributed by atoms with E-state index in [1.807, 2.05) is 31.6 Å². The smallest absolute Gasteiger partial charge is 0.229 e. The molecule has 2 aromatic carbocycles. The number of rotatable bonds is 8. The number of aryl methyl sites for hydroxylation is 1. The summed E-state index contributed by atoms with van der Waals surface area (Å²) in [7, 11) is 0.808. The summed E-state index contributed by atoms with van der Waals surface area (Å²) < 4.78 is 21.8. The lowest BCUT2D eigenvalue weighted by Gasteiger charge is -2.49. The summed E-state index contributed by atoms with van der Waals surface area (Å²) in [4.78, 5) is 20.7. The highest BCUT2D eigenvalue weighted by molar-refractivity contribution is 9.10. The predicted octanol–water partition coefficient (Wildman–Crippen LogP) is 5.90. The lowest BCUT2D eigenvalue weighted by molar-refractivity contribution is 0.298. The fourth-order valence-corrected chi connectivity index (χ4v) is 7.56. The van der Waals surface area contributed by atoms with Crippen molar-refractivity contribution in [2.75, 3.05) is 49.1 Å². The number of fused-ring (bicyclic) bond motifs is 1. The van der Waals surface area contributed by atoms with Gasteiger partial charge in [0.1, 0.15) is 24.2 Å². The van der Waals surface area contributed by atoms with Crippen molar-refractivity contribution in [2.24, 2.45) is 7.05 Å². The molecule has 1 aliphatic heterocycles. The van der Waals surface area contributed by atoms with Crippen LogP contribution in [-0.2, 0) is 11.6 Å². The minimum Gasteiger partial charge on any atom is -0.494 e. The second-order valence-electron chi connectivity index (χ2n) is 12.3. The van der Waals surface area contributed by atoms with Crippen LogP contribution in [0.15, 0.2) is 59.7 Å². The number of piperazine rings is 1. The van der Waals surface area contributed by atoms with Gasteiger partial charge in [0.15, 0.2) is 0 Å². The van der Waals surface area contributed by atoms with Gasteiger partial charge in [-0.15, -0.1) is 0 Å². The van der Waals surface area contributed by atoms with Crippen LogP contribution in [0.5, 0.6) is 5.75 Å². The van der Waals surface area contributed by atoms with Crippen LogP contribution in [0.1, 0.15) is 20.8 Å². The number of aromatic nitrogens is 6. The highest BCUT2D eigenvalue weighted by Gasteiger charge is 2.37. The number of ether oxygens (including phenoxy) is 1. The van der Waals surface area contributed by atoms with E-state index in [-0.39, 0.29) is 11.6 Å². The molecule has 240 valence electrons. The summed E-state index contributed by atoms with van der Waals surface area (Å²) in [5.74, 6) is 1.50. The third kappa shape index (κ3) is 6.06. The monoisotopic (exact) mass is 704 g/mol. The van der Waals surface area contributed by atoms with E-state index in [0.717, 1.165) is 29.9 Å². The maximum atomic E-state index is 13.5. The second-order valence-corrected chi connectivity index (χ2v) is 16.3. The van der Waals surface area contributed by atoms with Gasteiger partial charge in [-0.3, -0.25) is 14.6 Å². The van der Waals surface area contributed by atoms with Gasteiger partial charge in [0.05, 0.1) is 40.0 Å². The van der Waals surface area contributed by atoms with Gasteiger partial charge in [-0.2, -0.15) is 10.1 Å². The Bertz CT molecular complexity index is 1970. The molecule has 12 nitrogen and oxygen atoms in total. The van der Waals surface area contributed by atoms with E-state index in [0.29, 0.717) is 49.7 Å². The Hall–Kier alpha value is -4.06. The van der Waals surface area contributed by atoms with Crippen LogP contribution >= 0.6 is 23.1 Å². The Morgan fingerprint density at radius 1 is 1.09 bits per heavy atom. The Morgan fingerprint density at radius 3 is 2.59 bits per heavy atom. The fourth-order valence-electron chi connectivity index (χ4n) is 5.88. The van der Waals surface area contributed by atoms with Crippen molar-refractivity contribution < 1.29 is 9.30 Å². The van der Waals surface area contributed by atoms with Crippen molar-refractivity contribution >= 4 is 68.2 Å². The first kappa shape index (κ1) is 31.9. The molecule has 1 fully saturated rings. The van der Waals surface area contributed by atoms with Crippen LogP contribution in [0.3, 0.4) is 0 Å². The number of halogens is 1. The highest BCUT2D eigenvalue weighted by atomic mass is 79.9. The van der Waals surface area contributed by atoms with E-state index in [1.165, 1.54) is 0 Å². The molecular formula is C32H38BrN10O2P. The number of hydrogen-bond acceptors (Lipinski definition) is 11. The number of hydrogen-bond donors (Lipinski definition) is 3. The SMILES string of the molecule is COc1cc(N2CCNC(C)C2(C)C)c(-c2cnn(C)c2)cc1Nc1ncc(Br)c(Nc2ccc3nccnc3c2P(C)(C)=O)n1. The Balaban J connectivity index is 1.41. The molecule has 14 heteroatoms. The summed E-state index contributed by atoms with van der Waals surface area (Å²) in [5, 5.41) is 15.4. The highest BCUT2D eigenvalue weighted by Crippen LogP contribution is 2.44. The molecule has 1 aliphatic rings. The topological polar surface area (TPSA) is 135 Å². The van der Waals surface area contributed by atoms with E-state index < -0.39 is 7.14 Å². The molecule has 6 rings (SSSR count). The summed E-state index contributed by atoms with van der Waals surface area (Å²) in [6.45, 7) is 11.9. The van der Waals surface area contributed by atoms with E-state index in [4.69, 9.17) is 9.72 Å². The lowest BCUT2D eigenvalue weighted by Crippen LogP contribution is -2.63. The molecule has 0 amide bonds. The summed E-state index contributed by atoms with van der Waals surface area (Å²) >= 11 is 3.58. The van der Waals surface area contributed by atoms with E-state index >= 15 is 0 Å². The molecule has 1 unspecified atom stereocenters. The van der Waals surface area contributed by atoms with E-state index in [9.17, 15) is 4.57 Å². The molecule has 1 atom stereocenters. The first-order chi connectivity index (χ1) is 21.9. The van der Waals surface area contributed by atoms with Gasteiger partial charge in [0.25, 0.3) is 0 Å². The van der Waals surface area contributed by atoms with Gasteiger partial charge < -0.3 is 30.2 Å². The zero-order valence-electron chi connectivity index (χ0n) is 27.0. The van der Waals surface area contributed by atoms with Gasteiger partial charge in [0, 0.05) is 79.4 Å². The molecular weight excluding hydrogens is 667 g/mol. The lowest BCUT2D eigenvalue weighted by atomic mass is 9.89. The molecule has 5 aromatic rings. The molecule has 0 bridgehead atoms. The maximum absolute atomic E-state index is 13.5. The summed E-state index contributed by atoms with van der Waals surface area (Å²) in [6.07, 6.45) is 8.79. The number of methoxy groups -OCH3 is 1. The first-order valence-electron chi connectivity index (χ1n) is 14.9. The molecule has 3 aromatic heterocycles. The average Bonchev–Trinajstić information content (AvgIpc) is 3.45. The van der Waals surface area contributed by atoms with Crippen molar-refractivity contribution in [3.8, 4) is 16.9 Å². The van der Waals surface area contributed by atoms with Gasteiger partial charge in [-0.05, 0) is 68.2 Å². The second kappa shape index (κ2) is 12.3. The van der Waals surface area contributed by atoms with Gasteiger partial charge in [-0.25, -0.2) is 4.98 Å². The van der Waals surface area contributed by atoms with E-state index in [1.54, 1.807) is 43.7 Å². The van der Waals surface area contributed by atoms with Crippen molar-refractivity contribution in [2.45, 2.75) is 32.4 Å². The number of nitrogens with one attached hydrogen (secondary N) is 3. The van der Waals surface area contributed by atoms with Crippen molar-refractivity contribution in [3.63, 3.8) is 0 Å². The molecule has 0 aliphatic carbocycles. The predicted molar refractivity (Wildman–Crippen MR) is 189 cm³/mol. The number of benzene rings is 2. The van der Waals surface area contributed by atoms with Gasteiger partial charge in [0.2, 0.25) is 5.95 Å². The van der Waals surface area contributed by atoms with Crippen LogP contribution < -0.4 is 30.9 Å². The molecule has 4 heterocycles. The standard InChI is InChI=1S/C32H38BrN10O2P/c1-19-32(2,3)43(13-12-34-19)26-15-27(45-5)25(14-21(26)20-16-38-42(4)18-20)40-31-37-17-22(33)30(41-31)39-24-9-8-23-28(36-11-10-35-23)29(24)46(6,7)44/h8-11,14-19,34H,12-13H2,1-7H3,(H2,37,39,40,41). The van der Waals surface area contributed by atoms with Crippen LogP contribution in [-0.4, -0.2) is 74.8 Å². The average molecular weight is 706 g/mol. The van der Waals surface area contributed by atoms with Crippen molar-refractivity contribution in [1.29, 1.82) is 0 Å². The van der Waals surface area contributed by atoms with Gasteiger partial charge >= 0.3 is 0 Å². The summed E-state index contributed by atoms with van der Waals surface area (Å²) in [6, 6.07) is 8.12. The molecule has 0 spiro atoms. The Kier molecular flexibility index (Phi) is 8.51. The van der Waals surface area contributed by atoms with Crippen molar-refractivity contribution in [3.05, 3.63) is 59.7 Å². The Morgan fingerprint density at radius 2 is 1.87 bits per heavy atom. The minimum atomic E-state index is -2.76. The van der Waals surface area contributed by atoms with Crippen LogP contribution in [0, 0.1) is 0 Å². The normalized spacial score (nSPS) is 16.4. The fraction of sp³-hybridized carbons (Fsp3) is 0.344. The van der Waals surface area contributed by atoms with Crippen molar-refractivity contribution in [1.82, 2.24) is 35.0 Å². The molecule has 0 radical (unpaired) electrons. The Labute approximate surface area is 276 Å². The molecule has 1 saturated heterocycles. The molecule has 0 saturated carbocycles. The van der Waals surface area contributed by atoms with Gasteiger partial charge in [-0.1, -0.05) is 0 Å². The van der Waals surface area contributed by atoms with Crippen LogP contribution in [0.25, 0.3) is 22.2 Å². The van der Waals surface area contributed by atoms with Crippen LogP contribution in [0.2, 0.25) is 0 Å². The first-order valence-corrected chi connectivity index (χ1v) is 18.3.